The smallest absolute Gasteiger partial charge is 0.261 e. The molecule has 5 nitrogen and oxygen atoms in total. The highest BCUT2D eigenvalue weighted by molar-refractivity contribution is 6.30. The Hall–Kier alpha value is -3.05. The van der Waals surface area contributed by atoms with Gasteiger partial charge in [-0.2, -0.15) is 0 Å². The quantitative estimate of drug-likeness (QED) is 0.521. The maximum Gasteiger partial charge on any atom is 0.261 e. The largest absolute Gasteiger partial charge is 0.483 e. The second-order valence-corrected chi connectivity index (χ2v) is 7.67. The van der Waals surface area contributed by atoms with Gasteiger partial charge in [-0.1, -0.05) is 67.1 Å². The van der Waals surface area contributed by atoms with E-state index in [0.29, 0.717) is 30.3 Å². The third-order valence-corrected chi connectivity index (χ3v) is 5.36. The molecule has 3 aromatic rings. The summed E-state index contributed by atoms with van der Waals surface area (Å²) >= 11 is 5.99. The molecule has 0 bridgehead atoms. The Morgan fingerprint density at radius 2 is 1.71 bits per heavy atom. The van der Waals surface area contributed by atoms with Crippen molar-refractivity contribution in [3.63, 3.8) is 0 Å². The zero-order valence-electron chi connectivity index (χ0n) is 17.8. The highest BCUT2D eigenvalue weighted by atomic mass is 35.5. The molecule has 0 radical (unpaired) electrons. The number of halogens is 1. The molecule has 0 aromatic heterocycles. The lowest BCUT2D eigenvalue weighted by Gasteiger charge is -2.30. The molecule has 0 saturated heterocycles. The summed E-state index contributed by atoms with van der Waals surface area (Å²) in [6, 6.07) is 20.3. The van der Waals surface area contributed by atoms with E-state index in [9.17, 15) is 9.59 Å². The summed E-state index contributed by atoms with van der Waals surface area (Å²) in [5, 5.41) is 5.44. The first kappa shape index (κ1) is 22.6. The van der Waals surface area contributed by atoms with Crippen LogP contribution in [-0.2, 0) is 16.1 Å². The molecular formula is C25H27ClN2O3. The molecule has 0 fully saturated rings. The number of nitrogens with zero attached hydrogens (tertiary/aromatic N) is 1. The van der Waals surface area contributed by atoms with Crippen LogP contribution >= 0.6 is 11.6 Å². The van der Waals surface area contributed by atoms with Crippen molar-refractivity contribution in [2.75, 3.05) is 13.2 Å². The van der Waals surface area contributed by atoms with E-state index in [1.54, 1.807) is 17.0 Å². The molecule has 0 heterocycles. The van der Waals surface area contributed by atoms with Gasteiger partial charge in [0.2, 0.25) is 5.91 Å². The number of amides is 2. The maximum absolute atomic E-state index is 13.2. The fraction of sp³-hybridized carbons (Fsp3) is 0.280. The first-order valence-electron chi connectivity index (χ1n) is 10.5. The molecule has 0 saturated carbocycles. The van der Waals surface area contributed by atoms with E-state index in [0.717, 1.165) is 16.3 Å². The topological polar surface area (TPSA) is 58.6 Å². The van der Waals surface area contributed by atoms with Gasteiger partial charge in [0.15, 0.2) is 6.61 Å². The fourth-order valence-electron chi connectivity index (χ4n) is 3.54. The molecular weight excluding hydrogens is 412 g/mol. The van der Waals surface area contributed by atoms with Crippen molar-refractivity contribution in [2.45, 2.75) is 32.9 Å². The minimum absolute atomic E-state index is 0.155. The summed E-state index contributed by atoms with van der Waals surface area (Å²) in [7, 11) is 0. The van der Waals surface area contributed by atoms with Gasteiger partial charge in [0.25, 0.3) is 5.91 Å². The highest BCUT2D eigenvalue weighted by Gasteiger charge is 2.28. The van der Waals surface area contributed by atoms with Gasteiger partial charge in [-0.15, -0.1) is 0 Å². The van der Waals surface area contributed by atoms with Gasteiger partial charge in [0.1, 0.15) is 11.8 Å². The minimum atomic E-state index is -0.584. The van der Waals surface area contributed by atoms with Crippen molar-refractivity contribution >= 4 is 34.2 Å². The summed E-state index contributed by atoms with van der Waals surface area (Å²) in [4.78, 5) is 27.5. The number of likely N-dealkylation sites (N-methyl/N-ethyl adjacent to an activating group) is 1. The summed E-state index contributed by atoms with van der Waals surface area (Å²) in [5.74, 6) is 0.224. The molecule has 1 atom stereocenters. The Kier molecular flexibility index (Phi) is 7.90. The number of carbonyl (C=O) groups is 2. The number of rotatable bonds is 9. The van der Waals surface area contributed by atoms with Gasteiger partial charge in [0.05, 0.1) is 0 Å². The molecule has 31 heavy (non-hydrogen) atoms. The third kappa shape index (κ3) is 5.76. The number of benzene rings is 3. The van der Waals surface area contributed by atoms with E-state index in [-0.39, 0.29) is 18.4 Å². The van der Waals surface area contributed by atoms with Crippen molar-refractivity contribution in [3.05, 3.63) is 77.3 Å². The first-order chi connectivity index (χ1) is 15.0. The van der Waals surface area contributed by atoms with Gasteiger partial charge in [0, 0.05) is 23.5 Å². The number of fused-ring (bicyclic) bond motifs is 1. The maximum atomic E-state index is 13.2. The molecule has 0 aliphatic rings. The predicted molar refractivity (Wildman–Crippen MR) is 124 cm³/mol. The van der Waals surface area contributed by atoms with Crippen LogP contribution in [0.5, 0.6) is 5.75 Å². The van der Waals surface area contributed by atoms with Crippen LogP contribution in [0.25, 0.3) is 10.8 Å². The molecule has 1 N–H and O–H groups in total. The number of hydrogen-bond donors (Lipinski definition) is 1. The first-order valence-corrected chi connectivity index (χ1v) is 10.8. The van der Waals surface area contributed by atoms with Crippen molar-refractivity contribution in [3.8, 4) is 5.75 Å². The van der Waals surface area contributed by atoms with Gasteiger partial charge in [-0.3, -0.25) is 9.59 Å². The van der Waals surface area contributed by atoms with Gasteiger partial charge < -0.3 is 15.0 Å². The molecule has 3 rings (SSSR count). The molecule has 0 spiro atoms. The molecule has 0 unspecified atom stereocenters. The van der Waals surface area contributed by atoms with Crippen LogP contribution in [0.15, 0.2) is 66.7 Å². The van der Waals surface area contributed by atoms with E-state index in [4.69, 9.17) is 16.3 Å². The average molecular weight is 439 g/mol. The normalized spacial score (nSPS) is 11.7. The molecule has 162 valence electrons. The van der Waals surface area contributed by atoms with Gasteiger partial charge in [-0.05, 0) is 42.5 Å². The monoisotopic (exact) mass is 438 g/mol. The fourth-order valence-corrected chi connectivity index (χ4v) is 3.67. The lowest BCUT2D eigenvalue weighted by Crippen LogP contribution is -2.50. The number of ether oxygens (including phenoxy) is 1. The SMILES string of the molecule is CCNC(=O)[C@@H](CC)N(Cc1ccc(Cl)cc1)C(=O)COc1cccc2ccccc12. The minimum Gasteiger partial charge on any atom is -0.483 e. The summed E-state index contributed by atoms with van der Waals surface area (Å²) in [5.41, 5.74) is 0.894. The van der Waals surface area contributed by atoms with Crippen LogP contribution in [0.3, 0.4) is 0 Å². The van der Waals surface area contributed by atoms with Crippen LogP contribution in [0.2, 0.25) is 5.02 Å². The Bertz CT molecular complexity index is 1030. The Labute approximate surface area is 188 Å². The summed E-state index contributed by atoms with van der Waals surface area (Å²) < 4.78 is 5.91. The predicted octanol–water partition coefficient (Wildman–Crippen LogP) is 4.82. The number of hydrogen-bond acceptors (Lipinski definition) is 3. The third-order valence-electron chi connectivity index (χ3n) is 5.10. The molecule has 0 aliphatic heterocycles. The Morgan fingerprint density at radius 3 is 2.42 bits per heavy atom. The Morgan fingerprint density at radius 1 is 1.00 bits per heavy atom. The van der Waals surface area contributed by atoms with E-state index in [1.807, 2.05) is 68.4 Å². The Balaban J connectivity index is 1.81. The second-order valence-electron chi connectivity index (χ2n) is 7.23. The number of nitrogens with one attached hydrogen (secondary N) is 1. The standard InChI is InChI=1S/C25H27ClN2O3/c1-3-22(25(30)27-4-2)28(16-18-12-14-20(26)15-13-18)24(29)17-31-23-11-7-9-19-8-5-6-10-21(19)23/h5-15,22H,3-4,16-17H2,1-2H3,(H,27,30)/t22-/m1/s1. The van der Waals surface area contributed by atoms with Crippen molar-refractivity contribution in [1.82, 2.24) is 10.2 Å². The van der Waals surface area contributed by atoms with Gasteiger partial charge in [-0.25, -0.2) is 0 Å². The molecule has 2 amide bonds. The number of carbonyl (C=O) groups excluding carboxylic acids is 2. The molecule has 6 heteroatoms. The van der Waals surface area contributed by atoms with Crippen LogP contribution < -0.4 is 10.1 Å². The van der Waals surface area contributed by atoms with Crippen LogP contribution in [0, 0.1) is 0 Å². The van der Waals surface area contributed by atoms with Gasteiger partial charge >= 0.3 is 0 Å². The zero-order valence-corrected chi connectivity index (χ0v) is 18.6. The molecule has 3 aromatic carbocycles. The second kappa shape index (κ2) is 10.8. The lowest BCUT2D eigenvalue weighted by molar-refractivity contribution is -0.142. The van der Waals surface area contributed by atoms with Crippen LogP contribution in [-0.4, -0.2) is 35.9 Å². The highest BCUT2D eigenvalue weighted by Crippen LogP contribution is 2.25. The van der Waals surface area contributed by atoms with E-state index >= 15 is 0 Å². The molecule has 0 aliphatic carbocycles. The van der Waals surface area contributed by atoms with E-state index in [2.05, 4.69) is 5.32 Å². The van der Waals surface area contributed by atoms with E-state index < -0.39 is 6.04 Å². The van der Waals surface area contributed by atoms with E-state index in [1.165, 1.54) is 0 Å². The van der Waals surface area contributed by atoms with Crippen molar-refractivity contribution in [1.29, 1.82) is 0 Å². The van der Waals surface area contributed by atoms with Crippen molar-refractivity contribution < 1.29 is 14.3 Å². The van der Waals surface area contributed by atoms with Crippen LogP contribution in [0.4, 0.5) is 0 Å². The van der Waals surface area contributed by atoms with Crippen molar-refractivity contribution in [2.24, 2.45) is 0 Å². The zero-order chi connectivity index (χ0) is 22.2. The average Bonchev–Trinajstić information content (AvgIpc) is 2.78. The summed E-state index contributed by atoms with van der Waals surface area (Å²) in [6.45, 7) is 4.40. The van der Waals surface area contributed by atoms with Crippen LogP contribution in [0.1, 0.15) is 25.8 Å². The lowest BCUT2D eigenvalue weighted by atomic mass is 10.1. The summed E-state index contributed by atoms with van der Waals surface area (Å²) in [6.07, 6.45) is 0.499.